The molecule has 0 aliphatic heterocycles. The molecule has 26 heavy (non-hydrogen) atoms. The normalized spacial score (nSPS) is 11.8. The highest BCUT2D eigenvalue weighted by molar-refractivity contribution is 6.33. The van der Waals surface area contributed by atoms with E-state index in [4.69, 9.17) is 11.6 Å². The Balaban J connectivity index is 1.84. The van der Waals surface area contributed by atoms with Gasteiger partial charge in [0.2, 0.25) is 5.91 Å². The molecule has 0 aliphatic carbocycles. The van der Waals surface area contributed by atoms with Gasteiger partial charge in [-0.25, -0.2) is 4.98 Å². The Kier molecular flexibility index (Phi) is 4.66. The first-order valence-electron chi connectivity index (χ1n) is 7.75. The van der Waals surface area contributed by atoms with Gasteiger partial charge in [0.1, 0.15) is 0 Å². The quantitative estimate of drug-likeness (QED) is 0.708. The molecular formula is C18H15ClF3N3O. The molecule has 0 fully saturated rings. The highest BCUT2D eigenvalue weighted by Crippen LogP contribution is 2.32. The number of fused-ring (bicyclic) bond motifs is 1. The van der Waals surface area contributed by atoms with E-state index in [1.54, 1.807) is 6.07 Å². The fourth-order valence-corrected chi connectivity index (χ4v) is 2.85. The van der Waals surface area contributed by atoms with E-state index in [0.717, 1.165) is 23.4 Å². The summed E-state index contributed by atoms with van der Waals surface area (Å²) in [7, 11) is 0. The van der Waals surface area contributed by atoms with Crippen LogP contribution in [-0.2, 0) is 17.4 Å². The molecular weight excluding hydrogens is 367 g/mol. The highest BCUT2D eigenvalue weighted by atomic mass is 35.5. The number of nitrogens with zero attached hydrogens (tertiary/aromatic N) is 2. The van der Waals surface area contributed by atoms with Crippen molar-refractivity contribution in [3.8, 4) is 0 Å². The van der Waals surface area contributed by atoms with E-state index in [1.807, 2.05) is 26.0 Å². The highest BCUT2D eigenvalue weighted by Gasteiger charge is 2.32. The van der Waals surface area contributed by atoms with Gasteiger partial charge in [0, 0.05) is 18.1 Å². The van der Waals surface area contributed by atoms with Crippen LogP contribution < -0.4 is 5.32 Å². The van der Waals surface area contributed by atoms with Crippen LogP contribution in [0.25, 0.3) is 5.65 Å². The van der Waals surface area contributed by atoms with E-state index in [-0.39, 0.29) is 23.0 Å². The molecule has 0 atom stereocenters. The number of halogens is 4. The van der Waals surface area contributed by atoms with E-state index >= 15 is 0 Å². The Labute approximate surface area is 152 Å². The number of hydrogen-bond acceptors (Lipinski definition) is 2. The maximum Gasteiger partial charge on any atom is 0.417 e. The van der Waals surface area contributed by atoms with Crippen molar-refractivity contribution in [1.29, 1.82) is 0 Å². The van der Waals surface area contributed by atoms with E-state index in [2.05, 4.69) is 10.3 Å². The topological polar surface area (TPSA) is 46.4 Å². The van der Waals surface area contributed by atoms with Crippen LogP contribution in [0, 0.1) is 13.8 Å². The second kappa shape index (κ2) is 6.64. The van der Waals surface area contributed by atoms with Crippen LogP contribution in [0.5, 0.6) is 0 Å². The summed E-state index contributed by atoms with van der Waals surface area (Å²) < 4.78 is 39.8. The number of pyridine rings is 1. The summed E-state index contributed by atoms with van der Waals surface area (Å²) >= 11 is 5.90. The molecule has 1 N–H and O–H groups in total. The first-order valence-corrected chi connectivity index (χ1v) is 8.13. The second-order valence-electron chi connectivity index (χ2n) is 6.01. The van der Waals surface area contributed by atoms with E-state index < -0.39 is 11.7 Å². The molecule has 136 valence electrons. The van der Waals surface area contributed by atoms with Gasteiger partial charge in [0.15, 0.2) is 5.65 Å². The number of benzene rings is 1. The summed E-state index contributed by atoms with van der Waals surface area (Å²) in [4.78, 5) is 16.4. The minimum atomic E-state index is -4.51. The van der Waals surface area contributed by atoms with Gasteiger partial charge in [-0.3, -0.25) is 4.79 Å². The zero-order chi connectivity index (χ0) is 19.1. The molecule has 3 aromatic rings. The van der Waals surface area contributed by atoms with Crippen LogP contribution in [0.2, 0.25) is 5.02 Å². The van der Waals surface area contributed by atoms with Crippen molar-refractivity contribution in [3.63, 3.8) is 0 Å². The maximum absolute atomic E-state index is 12.9. The molecule has 0 spiro atoms. The van der Waals surface area contributed by atoms with Gasteiger partial charge in [0.05, 0.1) is 22.7 Å². The van der Waals surface area contributed by atoms with E-state index in [0.29, 0.717) is 11.4 Å². The lowest BCUT2D eigenvalue weighted by Crippen LogP contribution is -2.15. The number of aryl methyl sites for hydroxylation is 1. The number of rotatable bonds is 3. The zero-order valence-corrected chi connectivity index (χ0v) is 14.7. The maximum atomic E-state index is 12.9. The lowest BCUT2D eigenvalue weighted by molar-refractivity contribution is -0.137. The summed E-state index contributed by atoms with van der Waals surface area (Å²) in [6.45, 7) is 3.83. The summed E-state index contributed by atoms with van der Waals surface area (Å²) in [5.41, 5.74) is 2.31. The van der Waals surface area contributed by atoms with Gasteiger partial charge >= 0.3 is 6.18 Å². The summed E-state index contributed by atoms with van der Waals surface area (Å²) in [6, 6.07) is 6.38. The summed E-state index contributed by atoms with van der Waals surface area (Å²) in [6.07, 6.45) is -2.31. The molecule has 0 radical (unpaired) electrons. The van der Waals surface area contributed by atoms with Crippen molar-refractivity contribution < 1.29 is 18.0 Å². The molecule has 0 bridgehead atoms. The summed E-state index contributed by atoms with van der Waals surface area (Å²) in [5.74, 6) is -0.311. The zero-order valence-electron chi connectivity index (χ0n) is 14.0. The Morgan fingerprint density at radius 3 is 2.69 bits per heavy atom. The van der Waals surface area contributed by atoms with Crippen molar-refractivity contribution in [2.45, 2.75) is 26.4 Å². The first-order chi connectivity index (χ1) is 12.1. The fourth-order valence-electron chi connectivity index (χ4n) is 2.59. The number of aromatic nitrogens is 2. The molecule has 2 heterocycles. The third kappa shape index (κ3) is 3.67. The molecule has 0 unspecified atom stereocenters. The molecule has 8 heteroatoms. The van der Waals surface area contributed by atoms with Crippen LogP contribution in [0.1, 0.15) is 22.4 Å². The van der Waals surface area contributed by atoms with Crippen molar-refractivity contribution in [1.82, 2.24) is 9.38 Å². The van der Waals surface area contributed by atoms with Crippen LogP contribution >= 0.6 is 11.6 Å². The number of carbonyl (C=O) groups is 1. The number of anilines is 1. The Morgan fingerprint density at radius 1 is 1.27 bits per heavy atom. The Hall–Kier alpha value is -2.54. The summed E-state index contributed by atoms with van der Waals surface area (Å²) in [5, 5.41) is 2.67. The largest absolute Gasteiger partial charge is 0.417 e. The average molecular weight is 382 g/mol. The van der Waals surface area contributed by atoms with Crippen molar-refractivity contribution in [2.75, 3.05) is 5.32 Å². The third-order valence-corrected chi connectivity index (χ3v) is 4.38. The molecule has 0 saturated carbocycles. The predicted molar refractivity (Wildman–Crippen MR) is 93.5 cm³/mol. The van der Waals surface area contributed by atoms with Crippen LogP contribution in [-0.4, -0.2) is 15.3 Å². The third-order valence-electron chi connectivity index (χ3n) is 4.10. The lowest BCUT2D eigenvalue weighted by atomic mass is 10.1. The minimum absolute atomic E-state index is 0.0766. The van der Waals surface area contributed by atoms with Gasteiger partial charge in [-0.05, 0) is 37.1 Å². The Morgan fingerprint density at radius 2 is 2.00 bits per heavy atom. The van der Waals surface area contributed by atoms with Crippen molar-refractivity contribution in [2.24, 2.45) is 0 Å². The van der Waals surface area contributed by atoms with Gasteiger partial charge in [0.25, 0.3) is 0 Å². The fraction of sp³-hybridized carbons (Fsp3) is 0.222. The standard InChI is InChI=1S/C18H15ClF3N3O/c1-10-4-3-5-15(11(10)2)24-16(26)7-13-9-25-8-12(18(20,21)22)6-14(19)17(25)23-13/h3-6,8-9H,7H2,1-2H3,(H,24,26). The molecule has 4 nitrogen and oxygen atoms in total. The molecule has 1 amide bonds. The SMILES string of the molecule is Cc1cccc(NC(=O)Cc2cn3cc(C(F)(F)F)cc(Cl)c3n2)c1C. The van der Waals surface area contributed by atoms with E-state index in [9.17, 15) is 18.0 Å². The monoisotopic (exact) mass is 381 g/mol. The molecule has 0 aliphatic rings. The molecule has 2 aromatic heterocycles. The average Bonchev–Trinajstić information content (AvgIpc) is 2.94. The molecule has 3 rings (SSSR count). The smallest absolute Gasteiger partial charge is 0.325 e. The van der Waals surface area contributed by atoms with Gasteiger partial charge in [-0.1, -0.05) is 23.7 Å². The number of alkyl halides is 3. The number of imidazole rings is 1. The van der Waals surface area contributed by atoms with Crippen LogP contribution in [0.15, 0.2) is 36.7 Å². The van der Waals surface area contributed by atoms with E-state index in [1.165, 1.54) is 10.6 Å². The number of hydrogen-bond donors (Lipinski definition) is 1. The van der Waals surface area contributed by atoms with Crippen LogP contribution in [0.3, 0.4) is 0 Å². The first kappa shape index (κ1) is 18.3. The second-order valence-corrected chi connectivity index (χ2v) is 6.42. The Bertz CT molecular complexity index is 995. The minimum Gasteiger partial charge on any atom is -0.325 e. The van der Waals surface area contributed by atoms with Gasteiger partial charge in [-0.15, -0.1) is 0 Å². The van der Waals surface area contributed by atoms with Crippen molar-refractivity contribution in [3.05, 3.63) is 64.1 Å². The van der Waals surface area contributed by atoms with Crippen LogP contribution in [0.4, 0.5) is 18.9 Å². The lowest BCUT2D eigenvalue weighted by Gasteiger charge is -2.09. The number of amides is 1. The van der Waals surface area contributed by atoms with Crippen molar-refractivity contribution >= 4 is 28.8 Å². The number of carbonyl (C=O) groups excluding carboxylic acids is 1. The number of nitrogens with one attached hydrogen (secondary N) is 1. The molecule has 0 saturated heterocycles. The predicted octanol–water partition coefficient (Wildman–Crippen LogP) is 4.80. The molecule has 1 aromatic carbocycles. The van der Waals surface area contributed by atoms with Gasteiger partial charge < -0.3 is 9.72 Å². The van der Waals surface area contributed by atoms with Gasteiger partial charge in [-0.2, -0.15) is 13.2 Å².